The van der Waals surface area contributed by atoms with E-state index in [0.717, 1.165) is 43.0 Å². The number of fused-ring (bicyclic) bond motifs is 1. The minimum Gasteiger partial charge on any atom is -0.352 e. The van der Waals surface area contributed by atoms with Gasteiger partial charge in [0.05, 0.1) is 4.90 Å². The van der Waals surface area contributed by atoms with E-state index in [1.807, 2.05) is 13.0 Å². The summed E-state index contributed by atoms with van der Waals surface area (Å²) < 4.78 is 30.5. The quantitative estimate of drug-likeness (QED) is 0.554. The van der Waals surface area contributed by atoms with E-state index in [2.05, 4.69) is 24.8 Å². The first-order valence-electron chi connectivity index (χ1n) is 11.2. The van der Waals surface area contributed by atoms with Gasteiger partial charge in [-0.1, -0.05) is 24.6 Å². The Morgan fingerprint density at radius 2 is 1.91 bits per heavy atom. The molecule has 0 radical (unpaired) electrons. The first-order valence-corrected chi connectivity index (χ1v) is 12.7. The van der Waals surface area contributed by atoms with Crippen molar-refractivity contribution in [2.75, 3.05) is 11.3 Å². The third kappa shape index (κ3) is 5.42. The molecule has 1 aromatic heterocycles. The van der Waals surface area contributed by atoms with E-state index >= 15 is 0 Å². The van der Waals surface area contributed by atoms with Crippen molar-refractivity contribution in [3.63, 3.8) is 0 Å². The molecule has 174 valence electrons. The molecule has 8 nitrogen and oxygen atoms in total. The van der Waals surface area contributed by atoms with E-state index in [1.165, 1.54) is 18.6 Å². The lowest BCUT2D eigenvalue weighted by Gasteiger charge is -2.12. The second kappa shape index (κ2) is 9.74. The van der Waals surface area contributed by atoms with E-state index in [4.69, 9.17) is 0 Å². The molecule has 1 aliphatic rings. The fourth-order valence-corrected chi connectivity index (χ4v) is 5.12. The molecule has 0 aliphatic carbocycles. The third-order valence-electron chi connectivity index (χ3n) is 5.85. The van der Waals surface area contributed by atoms with Crippen molar-refractivity contribution in [3.05, 3.63) is 70.8 Å². The maximum absolute atomic E-state index is 12.9. The summed E-state index contributed by atoms with van der Waals surface area (Å²) in [6.45, 7) is 4.99. The summed E-state index contributed by atoms with van der Waals surface area (Å²) in [5, 5.41) is 11.5. The zero-order valence-corrected chi connectivity index (χ0v) is 19.8. The summed E-state index contributed by atoms with van der Waals surface area (Å²) >= 11 is 0. The Morgan fingerprint density at radius 3 is 2.73 bits per heavy atom. The number of aryl methyl sites for hydroxylation is 3. The van der Waals surface area contributed by atoms with Gasteiger partial charge in [0.15, 0.2) is 0 Å². The van der Waals surface area contributed by atoms with Crippen molar-refractivity contribution >= 4 is 21.6 Å². The van der Waals surface area contributed by atoms with Crippen LogP contribution in [-0.2, 0) is 29.4 Å². The smallest absolute Gasteiger partial charge is 0.261 e. The number of aromatic nitrogens is 3. The molecule has 9 heteroatoms. The van der Waals surface area contributed by atoms with Crippen LogP contribution in [0.25, 0.3) is 0 Å². The molecule has 2 heterocycles. The largest absolute Gasteiger partial charge is 0.352 e. The van der Waals surface area contributed by atoms with Gasteiger partial charge in [-0.25, -0.2) is 8.42 Å². The Bertz CT molecular complexity index is 1270. The minimum atomic E-state index is -3.82. The van der Waals surface area contributed by atoms with Crippen LogP contribution in [0.3, 0.4) is 0 Å². The number of nitrogens with zero attached hydrogens (tertiary/aromatic N) is 3. The molecule has 1 aliphatic heterocycles. The van der Waals surface area contributed by atoms with Gasteiger partial charge in [-0.05, 0) is 62.1 Å². The third-order valence-corrected chi connectivity index (χ3v) is 7.23. The van der Waals surface area contributed by atoms with Gasteiger partial charge in [0.25, 0.3) is 15.9 Å². The Labute approximate surface area is 194 Å². The molecular weight excluding hydrogens is 438 g/mol. The van der Waals surface area contributed by atoms with Crippen LogP contribution in [0, 0.1) is 13.8 Å². The highest BCUT2D eigenvalue weighted by Crippen LogP contribution is 2.20. The summed E-state index contributed by atoms with van der Waals surface area (Å²) in [5.74, 6) is 1.59. The number of benzene rings is 2. The number of nitrogens with one attached hydrogen (secondary N) is 2. The van der Waals surface area contributed by atoms with E-state index in [-0.39, 0.29) is 10.8 Å². The maximum atomic E-state index is 12.9. The number of sulfonamides is 1. The predicted molar refractivity (Wildman–Crippen MR) is 127 cm³/mol. The van der Waals surface area contributed by atoms with Crippen molar-refractivity contribution in [1.29, 1.82) is 0 Å². The molecule has 2 aromatic carbocycles. The van der Waals surface area contributed by atoms with Crippen molar-refractivity contribution in [2.45, 2.75) is 57.4 Å². The Morgan fingerprint density at radius 1 is 1.06 bits per heavy atom. The van der Waals surface area contributed by atoms with Gasteiger partial charge >= 0.3 is 0 Å². The summed E-state index contributed by atoms with van der Waals surface area (Å²) in [6, 6.07) is 11.7. The second-order valence-corrected chi connectivity index (χ2v) is 10.1. The number of amides is 1. The molecule has 0 saturated carbocycles. The SMILES string of the molecule is Cc1cccc(NS(=O)(=O)c2ccc(C)c(C(=O)NCCc3nnc4n3CCCCC4)c2)c1. The van der Waals surface area contributed by atoms with E-state index in [1.54, 1.807) is 31.2 Å². The first kappa shape index (κ1) is 23.0. The molecular formula is C24H29N5O3S. The number of carbonyl (C=O) groups excluding carboxylic acids is 1. The van der Waals surface area contributed by atoms with Crippen LogP contribution >= 0.6 is 0 Å². The maximum Gasteiger partial charge on any atom is 0.261 e. The standard InChI is InChI=1S/C24H29N5O3S/c1-17-7-6-8-19(15-17)28-33(31,32)20-11-10-18(2)21(16-20)24(30)25-13-12-23-27-26-22-9-4-3-5-14-29(22)23/h6-8,10-11,15-16,28H,3-5,9,12-14H2,1-2H3,(H,25,30). The van der Waals surface area contributed by atoms with Crippen LogP contribution in [0.15, 0.2) is 47.4 Å². The highest BCUT2D eigenvalue weighted by Gasteiger charge is 2.19. The summed E-state index contributed by atoms with van der Waals surface area (Å²) in [4.78, 5) is 12.9. The van der Waals surface area contributed by atoms with Gasteiger partial charge in [-0.3, -0.25) is 9.52 Å². The zero-order valence-electron chi connectivity index (χ0n) is 19.0. The van der Waals surface area contributed by atoms with Crippen molar-refractivity contribution in [1.82, 2.24) is 20.1 Å². The molecule has 1 amide bonds. The lowest BCUT2D eigenvalue weighted by molar-refractivity contribution is 0.0953. The van der Waals surface area contributed by atoms with E-state index in [9.17, 15) is 13.2 Å². The monoisotopic (exact) mass is 467 g/mol. The average molecular weight is 468 g/mol. The van der Waals surface area contributed by atoms with Crippen LogP contribution in [0.2, 0.25) is 0 Å². The molecule has 0 unspecified atom stereocenters. The van der Waals surface area contributed by atoms with Crippen LogP contribution in [0.5, 0.6) is 0 Å². The lowest BCUT2D eigenvalue weighted by Crippen LogP contribution is -2.27. The van der Waals surface area contributed by atoms with Crippen LogP contribution in [0.1, 0.15) is 52.4 Å². The number of hydrogen-bond acceptors (Lipinski definition) is 5. The number of rotatable bonds is 7. The van der Waals surface area contributed by atoms with Crippen molar-refractivity contribution in [3.8, 4) is 0 Å². The van der Waals surface area contributed by atoms with Crippen LogP contribution < -0.4 is 10.0 Å². The lowest BCUT2D eigenvalue weighted by atomic mass is 10.1. The Kier molecular flexibility index (Phi) is 6.78. The van der Waals surface area contributed by atoms with Gasteiger partial charge in [0, 0.05) is 37.2 Å². The molecule has 0 saturated heterocycles. The van der Waals surface area contributed by atoms with E-state index < -0.39 is 10.0 Å². The minimum absolute atomic E-state index is 0.0440. The topological polar surface area (TPSA) is 106 Å². The van der Waals surface area contributed by atoms with E-state index in [0.29, 0.717) is 29.8 Å². The normalized spacial score (nSPS) is 13.8. The van der Waals surface area contributed by atoms with Crippen LogP contribution in [0.4, 0.5) is 5.69 Å². The average Bonchev–Trinajstić information content (AvgIpc) is 2.99. The summed E-state index contributed by atoms with van der Waals surface area (Å²) in [7, 11) is -3.82. The van der Waals surface area contributed by atoms with Crippen molar-refractivity contribution < 1.29 is 13.2 Å². The molecule has 0 atom stereocenters. The number of hydrogen-bond donors (Lipinski definition) is 2. The highest BCUT2D eigenvalue weighted by atomic mass is 32.2. The van der Waals surface area contributed by atoms with Gasteiger partial charge in [0.1, 0.15) is 11.6 Å². The van der Waals surface area contributed by atoms with Gasteiger partial charge in [0.2, 0.25) is 0 Å². The molecule has 33 heavy (non-hydrogen) atoms. The molecule has 4 rings (SSSR count). The molecule has 0 fully saturated rings. The van der Waals surface area contributed by atoms with Crippen LogP contribution in [-0.4, -0.2) is 35.6 Å². The predicted octanol–water partition coefficient (Wildman–Crippen LogP) is 3.39. The molecule has 2 N–H and O–H groups in total. The van der Waals surface area contributed by atoms with Gasteiger partial charge < -0.3 is 9.88 Å². The Balaban J connectivity index is 1.44. The summed E-state index contributed by atoms with van der Waals surface area (Å²) in [6.07, 6.45) is 4.95. The first-order chi connectivity index (χ1) is 15.8. The van der Waals surface area contributed by atoms with Gasteiger partial charge in [-0.15, -0.1) is 10.2 Å². The second-order valence-electron chi connectivity index (χ2n) is 8.45. The number of anilines is 1. The van der Waals surface area contributed by atoms with Crippen molar-refractivity contribution in [2.24, 2.45) is 0 Å². The molecule has 3 aromatic rings. The fourth-order valence-electron chi connectivity index (χ4n) is 4.05. The zero-order chi connectivity index (χ0) is 23.4. The fraction of sp³-hybridized carbons (Fsp3) is 0.375. The Hall–Kier alpha value is -3.20. The molecule has 0 bridgehead atoms. The van der Waals surface area contributed by atoms with Gasteiger partial charge in [-0.2, -0.15) is 0 Å². The summed E-state index contributed by atoms with van der Waals surface area (Å²) in [5.41, 5.74) is 2.47. The highest BCUT2D eigenvalue weighted by molar-refractivity contribution is 7.92. The number of carbonyl (C=O) groups is 1. The molecule has 0 spiro atoms.